The van der Waals surface area contributed by atoms with Gasteiger partial charge in [-0.3, -0.25) is 4.79 Å². The lowest BCUT2D eigenvalue weighted by atomic mass is 10.2. The molecule has 0 radical (unpaired) electrons. The molecule has 1 aliphatic rings. The quantitative estimate of drug-likeness (QED) is 0.804. The summed E-state index contributed by atoms with van der Waals surface area (Å²) >= 11 is 0. The second kappa shape index (κ2) is 4.80. The fourth-order valence-electron chi connectivity index (χ4n) is 1.89. The molecule has 0 aliphatic carbocycles. The number of nitrogens with zero attached hydrogens (tertiary/aromatic N) is 2. The summed E-state index contributed by atoms with van der Waals surface area (Å²) in [5.41, 5.74) is 0. The van der Waals surface area contributed by atoms with Crippen LogP contribution in [-0.2, 0) is 4.79 Å². The van der Waals surface area contributed by atoms with Gasteiger partial charge >= 0.3 is 18.2 Å². The molecule has 1 fully saturated rings. The van der Waals surface area contributed by atoms with Crippen molar-refractivity contribution < 1.29 is 27.9 Å². The summed E-state index contributed by atoms with van der Waals surface area (Å²) < 4.78 is 36.3. The molecule has 1 aliphatic heterocycles. The molecule has 8 heteroatoms. The Labute approximate surface area is 95.8 Å². The van der Waals surface area contributed by atoms with Gasteiger partial charge in [-0.15, -0.1) is 0 Å². The van der Waals surface area contributed by atoms with Gasteiger partial charge in [-0.1, -0.05) is 0 Å². The average Bonchev–Trinajstić information content (AvgIpc) is 2.63. The summed E-state index contributed by atoms with van der Waals surface area (Å²) in [6, 6.07) is -0.552. The van der Waals surface area contributed by atoms with Crippen molar-refractivity contribution in [3.8, 4) is 0 Å². The van der Waals surface area contributed by atoms with Gasteiger partial charge in [0.25, 0.3) is 0 Å². The number of carbonyl (C=O) groups excluding carboxylic acids is 1. The minimum absolute atomic E-state index is 0.232. The van der Waals surface area contributed by atoms with Crippen LogP contribution in [0.3, 0.4) is 0 Å². The number of rotatable bonds is 2. The van der Waals surface area contributed by atoms with Crippen molar-refractivity contribution in [2.45, 2.75) is 25.1 Å². The Morgan fingerprint density at radius 2 is 2.06 bits per heavy atom. The third-order valence-corrected chi connectivity index (χ3v) is 2.70. The van der Waals surface area contributed by atoms with Gasteiger partial charge in [0.1, 0.15) is 0 Å². The second-order valence-corrected chi connectivity index (χ2v) is 3.96. The largest absolute Gasteiger partial charge is 0.471 e. The van der Waals surface area contributed by atoms with E-state index in [0.29, 0.717) is 24.3 Å². The van der Waals surface area contributed by atoms with Crippen molar-refractivity contribution in [1.82, 2.24) is 9.80 Å². The van der Waals surface area contributed by atoms with E-state index >= 15 is 0 Å². The molecular weight excluding hydrogens is 241 g/mol. The topological polar surface area (TPSA) is 60.9 Å². The summed E-state index contributed by atoms with van der Waals surface area (Å²) in [5.74, 6) is -1.95. The summed E-state index contributed by atoms with van der Waals surface area (Å²) in [6.07, 6.45) is -5.01. The number of likely N-dealkylation sites (tertiary alicyclic amines) is 1. The highest BCUT2D eigenvalue weighted by molar-refractivity contribution is 5.81. The van der Waals surface area contributed by atoms with Gasteiger partial charge in [0, 0.05) is 20.1 Å². The van der Waals surface area contributed by atoms with E-state index in [9.17, 15) is 22.8 Å². The normalized spacial score (nSPS) is 20.5. The molecule has 0 bridgehead atoms. The van der Waals surface area contributed by atoms with Crippen LogP contribution in [0.1, 0.15) is 12.8 Å². The monoisotopic (exact) mass is 254 g/mol. The van der Waals surface area contributed by atoms with E-state index in [2.05, 4.69) is 0 Å². The van der Waals surface area contributed by atoms with Crippen LogP contribution in [0.15, 0.2) is 0 Å². The number of hydrogen-bond acceptors (Lipinski definition) is 2. The van der Waals surface area contributed by atoms with Crippen molar-refractivity contribution in [1.29, 1.82) is 0 Å². The SMILES string of the molecule is CN(C[C@@H]1CCCN1C(=O)O)C(=O)C(F)(F)F. The van der Waals surface area contributed by atoms with E-state index in [1.807, 2.05) is 0 Å². The molecule has 1 saturated heterocycles. The number of halogens is 3. The van der Waals surface area contributed by atoms with E-state index in [1.54, 1.807) is 0 Å². The molecule has 2 amide bonds. The smallest absolute Gasteiger partial charge is 0.465 e. The van der Waals surface area contributed by atoms with Crippen LogP contribution in [0, 0.1) is 0 Å². The number of hydrogen-bond donors (Lipinski definition) is 1. The molecule has 1 heterocycles. The summed E-state index contributed by atoms with van der Waals surface area (Å²) in [5, 5.41) is 8.80. The van der Waals surface area contributed by atoms with E-state index in [1.165, 1.54) is 0 Å². The lowest BCUT2D eigenvalue weighted by Gasteiger charge is -2.27. The molecule has 0 unspecified atom stereocenters. The lowest BCUT2D eigenvalue weighted by molar-refractivity contribution is -0.184. The van der Waals surface area contributed by atoms with Crippen LogP contribution in [0.25, 0.3) is 0 Å². The Balaban J connectivity index is 2.60. The summed E-state index contributed by atoms with van der Waals surface area (Å²) in [7, 11) is 1.02. The molecule has 5 nitrogen and oxygen atoms in total. The highest BCUT2D eigenvalue weighted by atomic mass is 19.4. The minimum Gasteiger partial charge on any atom is -0.465 e. The molecule has 98 valence electrons. The zero-order chi connectivity index (χ0) is 13.2. The lowest BCUT2D eigenvalue weighted by Crippen LogP contribution is -2.46. The average molecular weight is 254 g/mol. The number of alkyl halides is 3. The first-order chi connectivity index (χ1) is 7.73. The van der Waals surface area contributed by atoms with E-state index < -0.39 is 24.2 Å². The number of carbonyl (C=O) groups is 2. The van der Waals surface area contributed by atoms with E-state index in [-0.39, 0.29) is 6.54 Å². The van der Waals surface area contributed by atoms with Crippen molar-refractivity contribution >= 4 is 12.0 Å². The maximum absolute atomic E-state index is 12.1. The van der Waals surface area contributed by atoms with Crippen molar-refractivity contribution in [2.75, 3.05) is 20.1 Å². The van der Waals surface area contributed by atoms with Crippen molar-refractivity contribution in [2.24, 2.45) is 0 Å². The molecule has 17 heavy (non-hydrogen) atoms. The van der Waals surface area contributed by atoms with E-state index in [4.69, 9.17) is 5.11 Å². The summed E-state index contributed by atoms with van der Waals surface area (Å²) in [4.78, 5) is 23.2. The fraction of sp³-hybridized carbons (Fsp3) is 0.778. The first-order valence-corrected chi connectivity index (χ1v) is 5.05. The predicted molar refractivity (Wildman–Crippen MR) is 51.4 cm³/mol. The van der Waals surface area contributed by atoms with Crippen molar-refractivity contribution in [3.63, 3.8) is 0 Å². The Morgan fingerprint density at radius 3 is 2.53 bits per heavy atom. The van der Waals surface area contributed by atoms with Gasteiger partial charge in [-0.25, -0.2) is 4.79 Å². The minimum atomic E-state index is -4.92. The molecule has 0 saturated carbocycles. The third kappa shape index (κ3) is 3.24. The highest BCUT2D eigenvalue weighted by Gasteiger charge is 2.42. The first-order valence-electron chi connectivity index (χ1n) is 5.05. The first kappa shape index (κ1) is 13.6. The van der Waals surface area contributed by atoms with Gasteiger partial charge in [0.05, 0.1) is 6.04 Å². The molecule has 1 atom stereocenters. The Morgan fingerprint density at radius 1 is 1.47 bits per heavy atom. The number of amides is 2. The predicted octanol–water partition coefficient (Wildman–Crippen LogP) is 1.15. The molecular formula is C9H13F3N2O3. The Hall–Kier alpha value is -1.47. The third-order valence-electron chi connectivity index (χ3n) is 2.70. The second-order valence-electron chi connectivity index (χ2n) is 3.96. The van der Waals surface area contributed by atoms with Gasteiger partial charge in [-0.2, -0.15) is 13.2 Å². The van der Waals surface area contributed by atoms with Gasteiger partial charge in [-0.05, 0) is 12.8 Å². The zero-order valence-electron chi connectivity index (χ0n) is 9.20. The molecule has 1 N–H and O–H groups in total. The Bertz CT molecular complexity index is 319. The van der Waals surface area contributed by atoms with Gasteiger partial charge in [0.15, 0.2) is 0 Å². The molecule has 0 aromatic carbocycles. The van der Waals surface area contributed by atoms with Crippen LogP contribution < -0.4 is 0 Å². The van der Waals surface area contributed by atoms with Crippen LogP contribution in [-0.4, -0.2) is 59.3 Å². The maximum atomic E-state index is 12.1. The standard InChI is InChI=1S/C9H13F3N2O3/c1-13(7(15)9(10,11)12)5-6-3-2-4-14(6)8(16)17/h6H,2-5H2,1H3,(H,16,17)/t6-/m0/s1. The van der Waals surface area contributed by atoms with Crippen molar-refractivity contribution in [3.05, 3.63) is 0 Å². The fourth-order valence-corrected chi connectivity index (χ4v) is 1.89. The molecule has 0 aromatic heterocycles. The molecule has 1 rings (SSSR count). The van der Waals surface area contributed by atoms with Crippen LogP contribution in [0.2, 0.25) is 0 Å². The molecule has 0 aromatic rings. The highest BCUT2D eigenvalue weighted by Crippen LogP contribution is 2.21. The van der Waals surface area contributed by atoms with Gasteiger partial charge < -0.3 is 14.9 Å². The number of carboxylic acid groups (broad SMARTS) is 1. The van der Waals surface area contributed by atoms with Gasteiger partial charge in [0.2, 0.25) is 0 Å². The zero-order valence-corrected chi connectivity index (χ0v) is 9.20. The molecule has 0 spiro atoms. The van der Waals surface area contributed by atoms with Crippen LogP contribution in [0.5, 0.6) is 0 Å². The van der Waals surface area contributed by atoms with Crippen LogP contribution in [0.4, 0.5) is 18.0 Å². The summed E-state index contributed by atoms with van der Waals surface area (Å²) in [6.45, 7) is 0.0681. The van der Waals surface area contributed by atoms with E-state index in [0.717, 1.165) is 11.9 Å². The number of likely N-dealkylation sites (N-methyl/N-ethyl adjacent to an activating group) is 1. The van der Waals surface area contributed by atoms with Crippen LogP contribution >= 0.6 is 0 Å². The maximum Gasteiger partial charge on any atom is 0.471 e. The Kier molecular flexibility index (Phi) is 3.84.